The molecule has 1 aromatic carbocycles. The van der Waals surface area contributed by atoms with E-state index in [0.717, 1.165) is 34.6 Å². The molecule has 3 nitrogen and oxygen atoms in total. The fourth-order valence-corrected chi connectivity index (χ4v) is 2.99. The van der Waals surface area contributed by atoms with Crippen LogP contribution in [-0.4, -0.2) is 23.2 Å². The van der Waals surface area contributed by atoms with Crippen LogP contribution in [0.2, 0.25) is 0 Å². The summed E-state index contributed by atoms with van der Waals surface area (Å²) in [4.78, 5) is 12.2. The summed E-state index contributed by atoms with van der Waals surface area (Å²) in [5, 5.41) is 12.8. The van der Waals surface area contributed by atoms with Gasteiger partial charge in [-0.2, -0.15) is 0 Å². The molecule has 0 radical (unpaired) electrons. The zero-order valence-corrected chi connectivity index (χ0v) is 13.0. The van der Waals surface area contributed by atoms with E-state index in [4.69, 9.17) is 0 Å². The van der Waals surface area contributed by atoms with Crippen LogP contribution in [0.15, 0.2) is 27.1 Å². The Balaban J connectivity index is 2.09. The standard InChI is InChI=1S/C13H15Br2NO2/c14-8-5-6-10(15)9(7-8)13(18)16-11-3-1-2-4-12(11)17/h5-7,11-12,17H,1-4H2,(H,16,18). The molecule has 2 atom stereocenters. The molecule has 1 aliphatic rings. The molecule has 1 aromatic rings. The van der Waals surface area contributed by atoms with E-state index in [1.54, 1.807) is 6.07 Å². The Labute approximate surface area is 123 Å². The maximum absolute atomic E-state index is 12.2. The van der Waals surface area contributed by atoms with Crippen molar-refractivity contribution >= 4 is 37.8 Å². The number of aliphatic hydroxyl groups is 1. The number of amides is 1. The summed E-state index contributed by atoms with van der Waals surface area (Å²) >= 11 is 6.72. The zero-order valence-electron chi connectivity index (χ0n) is 9.83. The molecule has 2 N–H and O–H groups in total. The third kappa shape index (κ3) is 3.33. The number of hydrogen-bond acceptors (Lipinski definition) is 2. The maximum atomic E-state index is 12.2. The van der Waals surface area contributed by atoms with Crippen LogP contribution >= 0.6 is 31.9 Å². The molecule has 0 heterocycles. The number of hydrogen-bond donors (Lipinski definition) is 2. The third-order valence-corrected chi connectivity index (χ3v) is 4.40. The fourth-order valence-electron chi connectivity index (χ4n) is 2.20. The lowest BCUT2D eigenvalue weighted by atomic mass is 9.92. The van der Waals surface area contributed by atoms with E-state index in [0.29, 0.717) is 5.56 Å². The highest BCUT2D eigenvalue weighted by atomic mass is 79.9. The Morgan fingerprint density at radius 3 is 2.72 bits per heavy atom. The Morgan fingerprint density at radius 1 is 1.28 bits per heavy atom. The van der Waals surface area contributed by atoms with E-state index in [-0.39, 0.29) is 11.9 Å². The molecule has 18 heavy (non-hydrogen) atoms. The van der Waals surface area contributed by atoms with E-state index in [9.17, 15) is 9.90 Å². The summed E-state index contributed by atoms with van der Waals surface area (Å²) in [5.74, 6) is -0.144. The SMILES string of the molecule is O=C(NC1CCCCC1O)c1cc(Br)ccc1Br. The lowest BCUT2D eigenvalue weighted by Gasteiger charge is -2.28. The van der Waals surface area contributed by atoms with Gasteiger partial charge in [0, 0.05) is 8.95 Å². The first kappa shape index (κ1) is 14.0. The number of carbonyl (C=O) groups excluding carboxylic acids is 1. The van der Waals surface area contributed by atoms with Crippen LogP contribution in [0.3, 0.4) is 0 Å². The van der Waals surface area contributed by atoms with E-state index in [1.807, 2.05) is 12.1 Å². The largest absolute Gasteiger partial charge is 0.391 e. The van der Waals surface area contributed by atoms with E-state index in [1.165, 1.54) is 0 Å². The smallest absolute Gasteiger partial charge is 0.252 e. The predicted octanol–water partition coefficient (Wildman–Crippen LogP) is 3.24. The van der Waals surface area contributed by atoms with Gasteiger partial charge in [0.2, 0.25) is 0 Å². The summed E-state index contributed by atoms with van der Waals surface area (Å²) in [6.07, 6.45) is 3.28. The Morgan fingerprint density at radius 2 is 2.00 bits per heavy atom. The molecule has 1 amide bonds. The molecular weight excluding hydrogens is 362 g/mol. The van der Waals surface area contributed by atoms with Crippen molar-refractivity contribution in [2.75, 3.05) is 0 Å². The highest BCUT2D eigenvalue weighted by Gasteiger charge is 2.25. The Bertz CT molecular complexity index is 451. The lowest BCUT2D eigenvalue weighted by molar-refractivity contribution is 0.0716. The van der Waals surface area contributed by atoms with Gasteiger partial charge in [0.05, 0.1) is 17.7 Å². The van der Waals surface area contributed by atoms with Gasteiger partial charge in [-0.15, -0.1) is 0 Å². The minimum atomic E-state index is -0.423. The maximum Gasteiger partial charge on any atom is 0.252 e. The van der Waals surface area contributed by atoms with Gasteiger partial charge in [-0.05, 0) is 47.0 Å². The molecular formula is C13H15Br2NO2. The van der Waals surface area contributed by atoms with Crippen molar-refractivity contribution in [1.29, 1.82) is 0 Å². The molecule has 0 aliphatic heterocycles. The van der Waals surface area contributed by atoms with Crippen LogP contribution in [0.25, 0.3) is 0 Å². The van der Waals surface area contributed by atoms with Crippen molar-refractivity contribution in [2.24, 2.45) is 0 Å². The molecule has 1 aliphatic carbocycles. The molecule has 2 rings (SSSR count). The fraction of sp³-hybridized carbons (Fsp3) is 0.462. The van der Waals surface area contributed by atoms with Gasteiger partial charge in [-0.3, -0.25) is 4.79 Å². The molecule has 0 bridgehead atoms. The van der Waals surface area contributed by atoms with Crippen LogP contribution in [0, 0.1) is 0 Å². The zero-order chi connectivity index (χ0) is 13.1. The first-order valence-corrected chi connectivity index (χ1v) is 7.60. The Hall–Kier alpha value is -0.390. The minimum Gasteiger partial charge on any atom is -0.391 e. The van der Waals surface area contributed by atoms with Gasteiger partial charge < -0.3 is 10.4 Å². The van der Waals surface area contributed by atoms with E-state index >= 15 is 0 Å². The highest BCUT2D eigenvalue weighted by molar-refractivity contribution is 9.11. The molecule has 1 saturated carbocycles. The molecule has 2 unspecified atom stereocenters. The molecule has 0 spiro atoms. The van der Waals surface area contributed by atoms with Crippen LogP contribution in [0.5, 0.6) is 0 Å². The molecule has 0 saturated heterocycles. The van der Waals surface area contributed by atoms with Gasteiger partial charge in [-0.1, -0.05) is 28.8 Å². The second-order valence-electron chi connectivity index (χ2n) is 4.56. The van der Waals surface area contributed by atoms with Crippen molar-refractivity contribution in [3.8, 4) is 0 Å². The summed E-state index contributed by atoms with van der Waals surface area (Å²) in [6, 6.07) is 5.35. The summed E-state index contributed by atoms with van der Waals surface area (Å²) in [7, 11) is 0. The molecule has 1 fully saturated rings. The third-order valence-electron chi connectivity index (χ3n) is 3.22. The monoisotopic (exact) mass is 375 g/mol. The average Bonchev–Trinajstić information content (AvgIpc) is 2.35. The second kappa shape index (κ2) is 6.17. The van der Waals surface area contributed by atoms with Crippen molar-refractivity contribution in [2.45, 2.75) is 37.8 Å². The average molecular weight is 377 g/mol. The first-order valence-electron chi connectivity index (χ1n) is 6.02. The lowest BCUT2D eigenvalue weighted by Crippen LogP contribution is -2.45. The van der Waals surface area contributed by atoms with Crippen molar-refractivity contribution in [3.05, 3.63) is 32.7 Å². The van der Waals surface area contributed by atoms with Gasteiger partial charge in [0.15, 0.2) is 0 Å². The first-order chi connectivity index (χ1) is 8.58. The van der Waals surface area contributed by atoms with Gasteiger partial charge in [-0.25, -0.2) is 0 Å². The predicted molar refractivity (Wildman–Crippen MR) is 77.6 cm³/mol. The molecule has 98 valence electrons. The molecule has 0 aromatic heterocycles. The van der Waals surface area contributed by atoms with Crippen LogP contribution in [-0.2, 0) is 0 Å². The Kier molecular flexibility index (Phi) is 4.81. The number of carbonyl (C=O) groups is 1. The van der Waals surface area contributed by atoms with Gasteiger partial charge in [0.1, 0.15) is 0 Å². The normalized spacial score (nSPS) is 23.7. The second-order valence-corrected chi connectivity index (χ2v) is 6.33. The van der Waals surface area contributed by atoms with E-state index in [2.05, 4.69) is 37.2 Å². The van der Waals surface area contributed by atoms with Crippen LogP contribution in [0.4, 0.5) is 0 Å². The minimum absolute atomic E-state index is 0.128. The topological polar surface area (TPSA) is 49.3 Å². The van der Waals surface area contributed by atoms with Gasteiger partial charge in [0.25, 0.3) is 5.91 Å². The van der Waals surface area contributed by atoms with Crippen molar-refractivity contribution in [1.82, 2.24) is 5.32 Å². The highest BCUT2D eigenvalue weighted by Crippen LogP contribution is 2.23. The quantitative estimate of drug-likeness (QED) is 0.832. The summed E-state index contributed by atoms with van der Waals surface area (Å²) < 4.78 is 1.62. The summed E-state index contributed by atoms with van der Waals surface area (Å²) in [5.41, 5.74) is 0.585. The van der Waals surface area contributed by atoms with E-state index < -0.39 is 6.10 Å². The number of nitrogens with one attached hydrogen (secondary N) is 1. The number of halogens is 2. The number of benzene rings is 1. The van der Waals surface area contributed by atoms with Crippen LogP contribution < -0.4 is 5.32 Å². The molecule has 5 heteroatoms. The summed E-state index contributed by atoms with van der Waals surface area (Å²) in [6.45, 7) is 0. The van der Waals surface area contributed by atoms with Crippen molar-refractivity contribution < 1.29 is 9.90 Å². The van der Waals surface area contributed by atoms with Gasteiger partial charge >= 0.3 is 0 Å². The van der Waals surface area contributed by atoms with Crippen LogP contribution in [0.1, 0.15) is 36.0 Å². The van der Waals surface area contributed by atoms with Crippen molar-refractivity contribution in [3.63, 3.8) is 0 Å². The number of rotatable bonds is 2. The number of aliphatic hydroxyl groups excluding tert-OH is 1.